The number of pyridine rings is 1. The fourth-order valence-corrected chi connectivity index (χ4v) is 2.53. The van der Waals surface area contributed by atoms with Gasteiger partial charge in [0, 0.05) is 7.11 Å². The number of ether oxygens (including phenoxy) is 2. The van der Waals surface area contributed by atoms with Crippen LogP contribution >= 0.6 is 0 Å². The van der Waals surface area contributed by atoms with Gasteiger partial charge in [-0.1, -0.05) is 17.7 Å². The number of aromatic hydroxyl groups is 1. The fourth-order valence-electron chi connectivity index (χ4n) is 2.53. The molecule has 2 rings (SSSR count). The molecule has 26 heavy (non-hydrogen) atoms. The smallest absolute Gasteiger partial charge is 0.271 e. The first-order valence-corrected chi connectivity index (χ1v) is 7.98. The lowest BCUT2D eigenvalue weighted by Gasteiger charge is -2.15. The summed E-state index contributed by atoms with van der Waals surface area (Å²) in [6, 6.07) is 8.96. The van der Waals surface area contributed by atoms with Crippen molar-refractivity contribution in [1.82, 2.24) is 4.57 Å². The van der Waals surface area contributed by atoms with E-state index in [4.69, 9.17) is 9.47 Å². The SMILES string of the molecule is COCCn1c(O)c(C(=O)COc2ccc(C)cc2)c(C)c(C#N)c1=O. The second-order valence-corrected chi connectivity index (χ2v) is 5.78. The molecule has 7 heteroatoms. The Bertz CT molecular complexity index is 907. The van der Waals surface area contributed by atoms with Crippen LogP contribution in [0.15, 0.2) is 29.1 Å². The minimum absolute atomic E-state index is 0.0230. The van der Waals surface area contributed by atoms with Gasteiger partial charge in [-0.05, 0) is 31.5 Å². The van der Waals surface area contributed by atoms with Crippen LogP contribution < -0.4 is 10.3 Å². The maximum atomic E-state index is 12.6. The number of carbonyl (C=O) groups excluding carboxylic acids is 1. The van der Waals surface area contributed by atoms with Crippen LogP contribution in [0.25, 0.3) is 0 Å². The van der Waals surface area contributed by atoms with Gasteiger partial charge in [-0.15, -0.1) is 0 Å². The van der Waals surface area contributed by atoms with Crippen LogP contribution in [0.1, 0.15) is 27.0 Å². The number of carbonyl (C=O) groups is 1. The molecule has 0 unspecified atom stereocenters. The highest BCUT2D eigenvalue weighted by atomic mass is 16.5. The summed E-state index contributed by atoms with van der Waals surface area (Å²) in [5.41, 5.74) is 0.264. The predicted molar refractivity (Wildman–Crippen MR) is 94.7 cm³/mol. The lowest BCUT2D eigenvalue weighted by atomic mass is 10.0. The Balaban J connectivity index is 2.37. The van der Waals surface area contributed by atoms with E-state index in [1.54, 1.807) is 18.2 Å². The molecule has 0 saturated carbocycles. The molecule has 0 aliphatic heterocycles. The zero-order valence-electron chi connectivity index (χ0n) is 14.9. The van der Waals surface area contributed by atoms with Crippen LogP contribution in [0.3, 0.4) is 0 Å². The molecule has 1 aromatic carbocycles. The van der Waals surface area contributed by atoms with Crippen molar-refractivity contribution in [2.24, 2.45) is 0 Å². The van der Waals surface area contributed by atoms with E-state index in [1.807, 2.05) is 19.1 Å². The van der Waals surface area contributed by atoms with E-state index < -0.39 is 17.2 Å². The number of ketones is 1. The predicted octanol–water partition coefficient (Wildman–Crippen LogP) is 1.95. The number of methoxy groups -OCH3 is 1. The molecule has 1 N–H and O–H groups in total. The Morgan fingerprint density at radius 2 is 1.92 bits per heavy atom. The molecule has 0 spiro atoms. The number of benzene rings is 1. The van der Waals surface area contributed by atoms with Crippen LogP contribution in [0.5, 0.6) is 11.6 Å². The van der Waals surface area contributed by atoms with Gasteiger partial charge in [0.05, 0.1) is 18.7 Å². The van der Waals surface area contributed by atoms with E-state index >= 15 is 0 Å². The summed E-state index contributed by atoms with van der Waals surface area (Å²) in [6.07, 6.45) is 0. The minimum Gasteiger partial charge on any atom is -0.494 e. The van der Waals surface area contributed by atoms with E-state index in [2.05, 4.69) is 0 Å². The van der Waals surface area contributed by atoms with Crippen molar-refractivity contribution in [3.63, 3.8) is 0 Å². The maximum absolute atomic E-state index is 12.6. The number of nitrogens with zero attached hydrogens (tertiary/aromatic N) is 2. The molecule has 0 radical (unpaired) electrons. The summed E-state index contributed by atoms with van der Waals surface area (Å²) >= 11 is 0. The van der Waals surface area contributed by atoms with Crippen molar-refractivity contribution in [1.29, 1.82) is 5.26 Å². The molecule has 0 aliphatic carbocycles. The van der Waals surface area contributed by atoms with Crippen molar-refractivity contribution < 1.29 is 19.4 Å². The molecule has 0 atom stereocenters. The lowest BCUT2D eigenvalue weighted by Crippen LogP contribution is -2.29. The van der Waals surface area contributed by atoms with Crippen LogP contribution in [0, 0.1) is 25.2 Å². The first-order valence-electron chi connectivity index (χ1n) is 7.98. The third-order valence-corrected chi connectivity index (χ3v) is 3.99. The number of rotatable bonds is 7. The van der Waals surface area contributed by atoms with E-state index in [0.29, 0.717) is 5.75 Å². The third kappa shape index (κ3) is 3.92. The van der Waals surface area contributed by atoms with Crippen LogP contribution in [0.4, 0.5) is 0 Å². The van der Waals surface area contributed by atoms with Crippen molar-refractivity contribution in [2.45, 2.75) is 20.4 Å². The zero-order valence-corrected chi connectivity index (χ0v) is 14.9. The molecule has 0 bridgehead atoms. The first kappa shape index (κ1) is 19.2. The van der Waals surface area contributed by atoms with Crippen molar-refractivity contribution in [2.75, 3.05) is 20.3 Å². The average Bonchev–Trinajstić information content (AvgIpc) is 2.61. The highest BCUT2D eigenvalue weighted by molar-refractivity contribution is 6.01. The Kier molecular flexibility index (Phi) is 6.15. The highest BCUT2D eigenvalue weighted by Gasteiger charge is 2.24. The molecule has 0 fully saturated rings. The summed E-state index contributed by atoms with van der Waals surface area (Å²) in [5.74, 6) is -0.501. The number of aromatic nitrogens is 1. The monoisotopic (exact) mass is 356 g/mol. The molecule has 0 aliphatic rings. The van der Waals surface area contributed by atoms with Crippen molar-refractivity contribution >= 4 is 5.78 Å². The Morgan fingerprint density at radius 1 is 1.27 bits per heavy atom. The number of Topliss-reactive ketones (excluding diaryl/α,β-unsaturated/α-hetero) is 1. The van der Waals surface area contributed by atoms with Crippen LogP contribution in [-0.2, 0) is 11.3 Å². The van der Waals surface area contributed by atoms with E-state index in [1.165, 1.54) is 14.0 Å². The first-order chi connectivity index (χ1) is 12.4. The fraction of sp³-hybridized carbons (Fsp3) is 0.316. The number of hydrogen-bond acceptors (Lipinski definition) is 6. The van der Waals surface area contributed by atoms with Gasteiger partial charge in [-0.3, -0.25) is 14.2 Å². The quantitative estimate of drug-likeness (QED) is 0.761. The van der Waals surface area contributed by atoms with E-state index in [-0.39, 0.29) is 36.4 Å². The Morgan fingerprint density at radius 3 is 2.50 bits per heavy atom. The summed E-state index contributed by atoms with van der Waals surface area (Å²) in [5, 5.41) is 19.7. The largest absolute Gasteiger partial charge is 0.494 e. The molecule has 7 nitrogen and oxygen atoms in total. The zero-order chi connectivity index (χ0) is 19.3. The summed E-state index contributed by atoms with van der Waals surface area (Å²) < 4.78 is 11.3. The highest BCUT2D eigenvalue weighted by Crippen LogP contribution is 2.23. The number of aryl methyl sites for hydroxylation is 1. The van der Waals surface area contributed by atoms with Crippen molar-refractivity contribution in [3.05, 3.63) is 56.9 Å². The number of hydrogen-bond donors (Lipinski definition) is 1. The topological polar surface area (TPSA) is 102 Å². The van der Waals surface area contributed by atoms with Gasteiger partial charge in [0.15, 0.2) is 6.61 Å². The Labute approximate surface area is 151 Å². The standard InChI is InChI=1S/C19H20N2O5/c1-12-4-6-14(7-5-12)26-11-16(22)17-13(2)15(10-20)18(23)21(19(17)24)8-9-25-3/h4-7,24H,8-9,11H2,1-3H3. The molecule has 1 aromatic heterocycles. The van der Waals surface area contributed by atoms with Gasteiger partial charge < -0.3 is 14.6 Å². The van der Waals surface area contributed by atoms with Crippen LogP contribution in [0.2, 0.25) is 0 Å². The Hall–Kier alpha value is -3.11. The van der Waals surface area contributed by atoms with E-state index in [9.17, 15) is 20.0 Å². The van der Waals surface area contributed by atoms with Gasteiger partial charge in [-0.25, -0.2) is 0 Å². The van der Waals surface area contributed by atoms with Crippen LogP contribution in [-0.4, -0.2) is 35.8 Å². The van der Waals surface area contributed by atoms with Gasteiger partial charge in [0.2, 0.25) is 11.7 Å². The van der Waals surface area contributed by atoms with Gasteiger partial charge in [-0.2, -0.15) is 5.26 Å². The minimum atomic E-state index is -0.657. The van der Waals surface area contributed by atoms with Gasteiger partial charge >= 0.3 is 0 Å². The van der Waals surface area contributed by atoms with E-state index in [0.717, 1.165) is 10.1 Å². The molecule has 1 heterocycles. The second-order valence-electron chi connectivity index (χ2n) is 5.78. The third-order valence-electron chi connectivity index (χ3n) is 3.99. The molecular weight excluding hydrogens is 336 g/mol. The molecular formula is C19H20N2O5. The summed E-state index contributed by atoms with van der Waals surface area (Å²) in [6.45, 7) is 3.23. The maximum Gasteiger partial charge on any atom is 0.271 e. The molecule has 0 amide bonds. The molecule has 2 aromatic rings. The second kappa shape index (κ2) is 8.32. The molecule has 136 valence electrons. The van der Waals surface area contributed by atoms with Gasteiger partial charge in [0.1, 0.15) is 17.4 Å². The van der Waals surface area contributed by atoms with Gasteiger partial charge in [0.25, 0.3) is 5.56 Å². The number of nitriles is 1. The normalized spacial score (nSPS) is 10.4. The lowest BCUT2D eigenvalue weighted by molar-refractivity contribution is 0.0915. The summed E-state index contributed by atoms with van der Waals surface area (Å²) in [4.78, 5) is 24.9. The van der Waals surface area contributed by atoms with Crippen molar-refractivity contribution in [3.8, 4) is 17.7 Å². The average molecular weight is 356 g/mol. The molecule has 0 saturated heterocycles. The summed E-state index contributed by atoms with van der Waals surface area (Å²) in [7, 11) is 1.45.